The molecule has 8 nitrogen and oxygen atoms in total. The van der Waals surface area contributed by atoms with Crippen LogP contribution < -0.4 is 9.64 Å². The molecule has 2 aromatic heterocycles. The summed E-state index contributed by atoms with van der Waals surface area (Å²) < 4.78 is 17.3. The minimum Gasteiger partial charge on any atom is -0.491 e. The van der Waals surface area contributed by atoms with Crippen molar-refractivity contribution < 1.29 is 13.9 Å². The third-order valence-electron chi connectivity index (χ3n) is 5.81. The lowest BCUT2D eigenvalue weighted by Crippen LogP contribution is -2.36. The van der Waals surface area contributed by atoms with E-state index in [1.165, 1.54) is 12.8 Å². The summed E-state index contributed by atoms with van der Waals surface area (Å²) in [6.45, 7) is 6.67. The molecule has 138 valence electrons. The van der Waals surface area contributed by atoms with Crippen molar-refractivity contribution in [2.75, 3.05) is 38.3 Å². The van der Waals surface area contributed by atoms with E-state index in [0.717, 1.165) is 36.2 Å². The van der Waals surface area contributed by atoms with Crippen molar-refractivity contribution in [1.82, 2.24) is 20.2 Å². The van der Waals surface area contributed by atoms with Gasteiger partial charge in [0.25, 0.3) is 0 Å². The second kappa shape index (κ2) is 5.64. The Bertz CT molecular complexity index is 849. The zero-order valence-corrected chi connectivity index (χ0v) is 15.4. The molecule has 5 rings (SSSR count). The van der Waals surface area contributed by atoms with Crippen LogP contribution in [0.15, 0.2) is 4.42 Å². The maximum absolute atomic E-state index is 5.82. The average Bonchev–Trinajstić information content (AvgIpc) is 3.08. The molecule has 3 fully saturated rings. The predicted octanol–water partition coefficient (Wildman–Crippen LogP) is 1.77. The number of hydrogen-bond donors (Lipinski definition) is 0. The molecule has 0 bridgehead atoms. The molecular weight excluding hydrogens is 334 g/mol. The number of fused-ring (bicyclic) bond motifs is 1. The van der Waals surface area contributed by atoms with Gasteiger partial charge >= 0.3 is 0 Å². The van der Waals surface area contributed by atoms with Gasteiger partial charge < -0.3 is 18.8 Å². The van der Waals surface area contributed by atoms with E-state index in [4.69, 9.17) is 18.9 Å². The molecule has 2 atom stereocenters. The first-order valence-electron chi connectivity index (χ1n) is 9.16. The lowest BCUT2D eigenvalue weighted by molar-refractivity contribution is 0.166. The average molecular weight is 357 g/mol. The van der Waals surface area contributed by atoms with Gasteiger partial charge in [-0.1, -0.05) is 0 Å². The summed E-state index contributed by atoms with van der Waals surface area (Å²) in [6, 6.07) is 0. The fourth-order valence-electron chi connectivity index (χ4n) is 4.24. The highest BCUT2D eigenvalue weighted by Gasteiger charge is 2.56. The first kappa shape index (κ1) is 16.0. The minimum absolute atomic E-state index is 0.273. The van der Waals surface area contributed by atoms with Gasteiger partial charge in [-0.15, -0.1) is 10.2 Å². The maximum Gasteiger partial charge on any atom is 0.227 e. The Hall–Kier alpha value is -2.22. The van der Waals surface area contributed by atoms with Crippen molar-refractivity contribution in [3.05, 3.63) is 23.3 Å². The van der Waals surface area contributed by atoms with E-state index in [1.807, 2.05) is 13.8 Å². The molecular formula is C18H23N5O3. The molecule has 2 saturated heterocycles. The first-order chi connectivity index (χ1) is 12.6. The molecule has 2 aliphatic heterocycles. The second-order valence-corrected chi connectivity index (χ2v) is 7.67. The molecule has 3 aliphatic rings. The Morgan fingerprint density at radius 1 is 1.19 bits per heavy atom. The number of aryl methyl sites for hydroxylation is 2. The van der Waals surface area contributed by atoms with Crippen molar-refractivity contribution in [2.45, 2.75) is 38.0 Å². The lowest BCUT2D eigenvalue weighted by atomic mass is 9.81. The SMILES string of the molecule is COc1c(C)nc(C2CC2)nc1N1C[C@H]2COC[C@@]2(c2nnc(C)o2)C1. The Labute approximate surface area is 151 Å². The first-order valence-corrected chi connectivity index (χ1v) is 9.16. The lowest BCUT2D eigenvalue weighted by Gasteiger charge is -2.25. The summed E-state index contributed by atoms with van der Waals surface area (Å²) in [4.78, 5) is 11.8. The summed E-state index contributed by atoms with van der Waals surface area (Å²) in [6.07, 6.45) is 2.35. The van der Waals surface area contributed by atoms with E-state index in [2.05, 4.69) is 20.1 Å². The van der Waals surface area contributed by atoms with Gasteiger partial charge in [0.15, 0.2) is 11.6 Å². The number of hydrogen-bond acceptors (Lipinski definition) is 8. The van der Waals surface area contributed by atoms with Gasteiger partial charge in [-0.3, -0.25) is 0 Å². The van der Waals surface area contributed by atoms with Gasteiger partial charge in [-0.25, -0.2) is 9.97 Å². The Morgan fingerprint density at radius 2 is 2.04 bits per heavy atom. The molecule has 26 heavy (non-hydrogen) atoms. The summed E-state index contributed by atoms with van der Waals surface area (Å²) in [5.74, 6) is 4.63. The zero-order valence-electron chi connectivity index (χ0n) is 15.4. The van der Waals surface area contributed by atoms with E-state index >= 15 is 0 Å². The standard InChI is InChI=1S/C18H23N5O3/c1-10-14(24-3)16(20-15(19-10)12-4-5-12)23-6-13-7-25-9-18(13,8-23)17-22-21-11(2)26-17/h12-13H,4-9H2,1-3H3/t13-,18-/m0/s1. The summed E-state index contributed by atoms with van der Waals surface area (Å²) >= 11 is 0. The Kier molecular flexibility index (Phi) is 3.47. The zero-order chi connectivity index (χ0) is 17.9. The van der Waals surface area contributed by atoms with Crippen molar-refractivity contribution in [2.24, 2.45) is 5.92 Å². The highest BCUT2D eigenvalue weighted by Crippen LogP contribution is 2.47. The van der Waals surface area contributed by atoms with Crippen LogP contribution >= 0.6 is 0 Å². The fraction of sp³-hybridized carbons (Fsp3) is 0.667. The smallest absolute Gasteiger partial charge is 0.227 e. The molecule has 0 N–H and O–H groups in total. The number of rotatable bonds is 4. The van der Waals surface area contributed by atoms with Gasteiger partial charge in [-0.05, 0) is 19.8 Å². The van der Waals surface area contributed by atoms with Crippen LogP contribution in [0.2, 0.25) is 0 Å². The number of methoxy groups -OCH3 is 1. The van der Waals surface area contributed by atoms with Crippen LogP contribution in [0, 0.1) is 19.8 Å². The summed E-state index contributed by atoms with van der Waals surface area (Å²) in [5, 5.41) is 8.35. The molecule has 0 amide bonds. The highest BCUT2D eigenvalue weighted by atomic mass is 16.5. The quantitative estimate of drug-likeness (QED) is 0.818. The van der Waals surface area contributed by atoms with E-state index in [-0.39, 0.29) is 5.41 Å². The number of nitrogens with zero attached hydrogens (tertiary/aromatic N) is 5. The van der Waals surface area contributed by atoms with Crippen LogP contribution in [0.1, 0.15) is 42.1 Å². The summed E-state index contributed by atoms with van der Waals surface area (Å²) in [7, 11) is 1.68. The number of ether oxygens (including phenoxy) is 2. The third kappa shape index (κ3) is 2.31. The van der Waals surface area contributed by atoms with Crippen LogP contribution in [-0.4, -0.2) is 53.6 Å². The van der Waals surface area contributed by atoms with E-state index in [0.29, 0.717) is 36.8 Å². The van der Waals surface area contributed by atoms with Gasteiger partial charge in [0.05, 0.1) is 31.4 Å². The van der Waals surface area contributed by atoms with Crippen molar-refractivity contribution in [3.63, 3.8) is 0 Å². The van der Waals surface area contributed by atoms with Crippen LogP contribution in [-0.2, 0) is 10.2 Å². The molecule has 0 spiro atoms. The molecule has 0 radical (unpaired) electrons. The van der Waals surface area contributed by atoms with E-state index in [9.17, 15) is 0 Å². The van der Waals surface area contributed by atoms with Crippen LogP contribution in [0.5, 0.6) is 5.75 Å². The molecule has 1 aliphatic carbocycles. The molecule has 0 aromatic carbocycles. The number of anilines is 1. The Morgan fingerprint density at radius 3 is 2.73 bits per heavy atom. The van der Waals surface area contributed by atoms with Crippen LogP contribution in [0.4, 0.5) is 5.82 Å². The van der Waals surface area contributed by atoms with Gasteiger partial charge in [0.2, 0.25) is 11.8 Å². The topological polar surface area (TPSA) is 86.4 Å². The Balaban J connectivity index is 1.54. The van der Waals surface area contributed by atoms with Crippen LogP contribution in [0.25, 0.3) is 0 Å². The normalized spacial score (nSPS) is 27.8. The van der Waals surface area contributed by atoms with E-state index in [1.54, 1.807) is 7.11 Å². The second-order valence-electron chi connectivity index (χ2n) is 7.67. The van der Waals surface area contributed by atoms with Gasteiger partial charge in [0.1, 0.15) is 5.82 Å². The van der Waals surface area contributed by atoms with Gasteiger partial charge in [0, 0.05) is 31.8 Å². The monoisotopic (exact) mass is 357 g/mol. The largest absolute Gasteiger partial charge is 0.491 e. The van der Waals surface area contributed by atoms with Gasteiger partial charge in [-0.2, -0.15) is 0 Å². The molecule has 4 heterocycles. The van der Waals surface area contributed by atoms with Crippen molar-refractivity contribution >= 4 is 5.82 Å². The van der Waals surface area contributed by atoms with Crippen molar-refractivity contribution in [1.29, 1.82) is 0 Å². The third-order valence-corrected chi connectivity index (χ3v) is 5.81. The molecule has 1 saturated carbocycles. The molecule has 0 unspecified atom stereocenters. The maximum atomic E-state index is 5.82. The van der Waals surface area contributed by atoms with Crippen molar-refractivity contribution in [3.8, 4) is 5.75 Å². The molecule has 8 heteroatoms. The minimum atomic E-state index is -0.273. The summed E-state index contributed by atoms with van der Waals surface area (Å²) in [5.41, 5.74) is 0.626. The number of aromatic nitrogens is 4. The molecule has 2 aromatic rings. The highest BCUT2D eigenvalue weighted by molar-refractivity contribution is 5.57. The fourth-order valence-corrected chi connectivity index (χ4v) is 4.24. The van der Waals surface area contributed by atoms with E-state index < -0.39 is 0 Å². The predicted molar refractivity (Wildman–Crippen MR) is 92.5 cm³/mol. The van der Waals surface area contributed by atoms with Crippen LogP contribution in [0.3, 0.4) is 0 Å².